The Kier molecular flexibility index (Phi) is 4.97. The summed E-state index contributed by atoms with van der Waals surface area (Å²) in [4.78, 5) is 0. The Morgan fingerprint density at radius 2 is 2.22 bits per heavy atom. The molecule has 0 spiro atoms. The highest BCUT2D eigenvalue weighted by Gasteiger charge is 2.31. The predicted octanol–water partition coefficient (Wildman–Crippen LogP) is 1.33. The molecule has 18 heavy (non-hydrogen) atoms. The van der Waals surface area contributed by atoms with Crippen LogP contribution in [0.25, 0.3) is 0 Å². The molecule has 2 saturated heterocycles. The molecule has 0 radical (unpaired) electrons. The minimum absolute atomic E-state index is 0.104. The Hall–Kier alpha value is 0.220. The normalized spacial score (nSPS) is 33.7. The van der Waals surface area contributed by atoms with Gasteiger partial charge in [0.1, 0.15) is 0 Å². The lowest BCUT2D eigenvalue weighted by Gasteiger charge is -2.26. The van der Waals surface area contributed by atoms with Crippen LogP contribution in [0, 0.1) is 0 Å². The molecule has 2 atom stereocenters. The minimum atomic E-state index is -3.13. The van der Waals surface area contributed by atoms with Gasteiger partial charge >= 0.3 is 0 Å². The lowest BCUT2D eigenvalue weighted by molar-refractivity contribution is 0.422. The van der Waals surface area contributed by atoms with Crippen LogP contribution in [0.4, 0.5) is 0 Å². The largest absolute Gasteiger partial charge is 0.313 e. The number of piperidine rings is 1. The summed E-state index contributed by atoms with van der Waals surface area (Å²) in [6.45, 7) is 3.69. The first-order valence-corrected chi connectivity index (χ1v) is 9.48. The van der Waals surface area contributed by atoms with E-state index in [0.29, 0.717) is 6.54 Å². The fourth-order valence-corrected chi connectivity index (χ4v) is 5.44. The summed E-state index contributed by atoms with van der Waals surface area (Å²) in [6.07, 6.45) is 5.60. The molecule has 0 saturated carbocycles. The van der Waals surface area contributed by atoms with Crippen molar-refractivity contribution in [1.82, 2.24) is 10.0 Å². The van der Waals surface area contributed by atoms with E-state index in [9.17, 15) is 8.42 Å². The fraction of sp³-hybridized carbons (Fsp3) is 1.00. The molecule has 6 heteroatoms. The van der Waals surface area contributed by atoms with E-state index in [1.165, 1.54) is 12.8 Å². The molecule has 106 valence electrons. The molecule has 2 fully saturated rings. The zero-order chi connectivity index (χ0) is 13.1. The second-order valence-electron chi connectivity index (χ2n) is 5.65. The first-order valence-electron chi connectivity index (χ1n) is 6.84. The van der Waals surface area contributed by atoms with E-state index in [4.69, 9.17) is 0 Å². The number of nitrogens with one attached hydrogen (secondary N) is 2. The molecule has 0 aromatic carbocycles. The molecular formula is C12H24N2O2S2. The van der Waals surface area contributed by atoms with E-state index in [-0.39, 0.29) is 16.5 Å². The second-order valence-corrected chi connectivity index (χ2v) is 9.19. The lowest BCUT2D eigenvalue weighted by Crippen LogP contribution is -2.45. The number of thioether (sulfide) groups is 1. The van der Waals surface area contributed by atoms with Gasteiger partial charge < -0.3 is 5.32 Å². The predicted molar refractivity (Wildman–Crippen MR) is 77.5 cm³/mol. The lowest BCUT2D eigenvalue weighted by atomic mass is 10.1. The van der Waals surface area contributed by atoms with E-state index in [2.05, 4.69) is 17.0 Å². The van der Waals surface area contributed by atoms with Gasteiger partial charge in [0, 0.05) is 17.3 Å². The Morgan fingerprint density at radius 3 is 2.83 bits per heavy atom. The summed E-state index contributed by atoms with van der Waals surface area (Å²) in [5.41, 5.74) is 0. The summed E-state index contributed by atoms with van der Waals surface area (Å²) in [6, 6.07) is 0.139. The minimum Gasteiger partial charge on any atom is -0.313 e. The molecule has 0 aliphatic carbocycles. The SMILES string of the molecule is CC1(CNS(=O)(=O)CC2CCCCN2)CCCS1. The average Bonchev–Trinajstić information content (AvgIpc) is 2.76. The van der Waals surface area contributed by atoms with Crippen LogP contribution in [-0.4, -0.2) is 43.8 Å². The van der Waals surface area contributed by atoms with Gasteiger partial charge in [-0.2, -0.15) is 11.8 Å². The Bertz CT molecular complexity index is 358. The van der Waals surface area contributed by atoms with Gasteiger partial charge in [-0.05, 0) is 44.9 Å². The summed E-state index contributed by atoms with van der Waals surface area (Å²) >= 11 is 1.89. The third kappa shape index (κ3) is 4.40. The fourth-order valence-electron chi connectivity index (χ4n) is 2.63. The van der Waals surface area contributed by atoms with Crippen LogP contribution in [0.1, 0.15) is 39.0 Å². The van der Waals surface area contributed by atoms with Crippen molar-refractivity contribution in [2.24, 2.45) is 0 Å². The molecule has 2 rings (SSSR count). The van der Waals surface area contributed by atoms with Crippen molar-refractivity contribution in [3.05, 3.63) is 0 Å². The highest BCUT2D eigenvalue weighted by Crippen LogP contribution is 2.37. The molecule has 0 aromatic rings. The quantitative estimate of drug-likeness (QED) is 0.803. The van der Waals surface area contributed by atoms with Crippen molar-refractivity contribution < 1.29 is 8.42 Å². The molecule has 4 nitrogen and oxygen atoms in total. The van der Waals surface area contributed by atoms with Crippen LogP contribution in [-0.2, 0) is 10.0 Å². The van der Waals surface area contributed by atoms with E-state index in [0.717, 1.165) is 31.6 Å². The van der Waals surface area contributed by atoms with Gasteiger partial charge in [0.25, 0.3) is 0 Å². The van der Waals surface area contributed by atoms with Crippen molar-refractivity contribution in [2.45, 2.75) is 49.8 Å². The summed E-state index contributed by atoms with van der Waals surface area (Å²) in [7, 11) is -3.13. The Morgan fingerprint density at radius 1 is 1.39 bits per heavy atom. The molecule has 0 bridgehead atoms. The molecule has 0 amide bonds. The summed E-state index contributed by atoms with van der Waals surface area (Å²) in [5.74, 6) is 1.39. The van der Waals surface area contributed by atoms with Crippen LogP contribution < -0.4 is 10.0 Å². The van der Waals surface area contributed by atoms with Crippen LogP contribution in [0.2, 0.25) is 0 Å². The maximum atomic E-state index is 12.0. The Balaban J connectivity index is 1.79. The zero-order valence-electron chi connectivity index (χ0n) is 11.1. The van der Waals surface area contributed by atoms with Gasteiger partial charge in [-0.25, -0.2) is 13.1 Å². The zero-order valence-corrected chi connectivity index (χ0v) is 12.7. The van der Waals surface area contributed by atoms with Gasteiger partial charge in [-0.1, -0.05) is 6.42 Å². The first-order chi connectivity index (χ1) is 8.49. The molecule has 0 aromatic heterocycles. The number of hydrogen-bond donors (Lipinski definition) is 2. The average molecular weight is 292 g/mol. The maximum Gasteiger partial charge on any atom is 0.213 e. The molecule has 2 N–H and O–H groups in total. The first kappa shape index (κ1) is 14.6. The topological polar surface area (TPSA) is 58.2 Å². The van der Waals surface area contributed by atoms with E-state index in [1.807, 2.05) is 11.8 Å². The van der Waals surface area contributed by atoms with Crippen molar-refractivity contribution in [3.8, 4) is 0 Å². The van der Waals surface area contributed by atoms with E-state index < -0.39 is 10.0 Å². The van der Waals surface area contributed by atoms with E-state index >= 15 is 0 Å². The summed E-state index contributed by atoms with van der Waals surface area (Å²) in [5, 5.41) is 3.29. The molecule has 2 aliphatic rings. The smallest absolute Gasteiger partial charge is 0.213 e. The number of sulfonamides is 1. The van der Waals surface area contributed by atoms with Gasteiger partial charge in [0.05, 0.1) is 5.75 Å². The second kappa shape index (κ2) is 6.11. The van der Waals surface area contributed by atoms with Crippen LogP contribution in [0.15, 0.2) is 0 Å². The number of rotatable bonds is 5. The van der Waals surface area contributed by atoms with Crippen LogP contribution in [0.5, 0.6) is 0 Å². The van der Waals surface area contributed by atoms with Gasteiger partial charge in [-0.3, -0.25) is 0 Å². The molecular weight excluding hydrogens is 268 g/mol. The molecule has 2 heterocycles. The molecule has 2 unspecified atom stereocenters. The highest BCUT2D eigenvalue weighted by atomic mass is 32.2. The van der Waals surface area contributed by atoms with Crippen molar-refractivity contribution in [1.29, 1.82) is 0 Å². The monoisotopic (exact) mass is 292 g/mol. The number of hydrogen-bond acceptors (Lipinski definition) is 4. The Labute approximate surface area is 115 Å². The van der Waals surface area contributed by atoms with Crippen LogP contribution >= 0.6 is 11.8 Å². The van der Waals surface area contributed by atoms with Gasteiger partial charge in [-0.15, -0.1) is 0 Å². The van der Waals surface area contributed by atoms with Crippen molar-refractivity contribution >= 4 is 21.8 Å². The third-order valence-corrected chi connectivity index (χ3v) is 6.76. The highest BCUT2D eigenvalue weighted by molar-refractivity contribution is 8.01. The summed E-state index contributed by atoms with van der Waals surface area (Å²) < 4.78 is 27.0. The maximum absolute atomic E-state index is 12.0. The van der Waals surface area contributed by atoms with Crippen molar-refractivity contribution in [2.75, 3.05) is 24.6 Å². The van der Waals surface area contributed by atoms with E-state index in [1.54, 1.807) is 0 Å². The van der Waals surface area contributed by atoms with Crippen molar-refractivity contribution in [3.63, 3.8) is 0 Å². The third-order valence-electron chi connectivity index (χ3n) is 3.80. The molecule has 2 aliphatic heterocycles. The van der Waals surface area contributed by atoms with Crippen LogP contribution in [0.3, 0.4) is 0 Å². The van der Waals surface area contributed by atoms with Gasteiger partial charge in [0.2, 0.25) is 10.0 Å². The van der Waals surface area contributed by atoms with Gasteiger partial charge in [0.15, 0.2) is 0 Å². The standard InChI is InChI=1S/C12H24N2O2S2/c1-12(6-4-8-17-12)10-14-18(15,16)9-11-5-2-3-7-13-11/h11,13-14H,2-10H2,1H3.